The molecule has 0 fully saturated rings. The smallest absolute Gasteiger partial charge is 0.319 e. The first-order valence-electron chi connectivity index (χ1n) is 9.80. The van der Waals surface area contributed by atoms with Gasteiger partial charge >= 0.3 is 6.18 Å². The van der Waals surface area contributed by atoms with E-state index in [1.165, 1.54) is 30.3 Å². The average molecular weight is 477 g/mol. The van der Waals surface area contributed by atoms with E-state index in [4.69, 9.17) is 11.6 Å². The Hall–Kier alpha value is -3.46. The van der Waals surface area contributed by atoms with Crippen LogP contribution in [-0.2, 0) is 12.7 Å². The molecule has 0 bridgehead atoms. The second-order valence-electron chi connectivity index (χ2n) is 7.50. The van der Waals surface area contributed by atoms with Gasteiger partial charge < -0.3 is 5.32 Å². The van der Waals surface area contributed by atoms with Crippen LogP contribution in [0, 0.1) is 19.7 Å². The van der Waals surface area contributed by atoms with Crippen molar-refractivity contribution in [1.82, 2.24) is 14.8 Å². The monoisotopic (exact) mass is 476 g/mol. The molecule has 33 heavy (non-hydrogen) atoms. The zero-order valence-electron chi connectivity index (χ0n) is 17.5. The minimum atomic E-state index is -4.73. The number of benzene rings is 2. The molecule has 2 heterocycles. The van der Waals surface area contributed by atoms with Gasteiger partial charge in [0.2, 0.25) is 0 Å². The fraction of sp³-hybridized carbons (Fsp3) is 0.174. The summed E-state index contributed by atoms with van der Waals surface area (Å²) in [6, 6.07) is 10.8. The van der Waals surface area contributed by atoms with Gasteiger partial charge in [-0.15, -0.1) is 0 Å². The van der Waals surface area contributed by atoms with Gasteiger partial charge in [0.1, 0.15) is 11.5 Å². The van der Waals surface area contributed by atoms with E-state index in [1.54, 1.807) is 30.7 Å². The van der Waals surface area contributed by atoms with Crippen molar-refractivity contribution < 1.29 is 22.4 Å². The number of rotatable bonds is 4. The number of aromatic nitrogens is 3. The number of hydrogen-bond acceptors (Lipinski definition) is 3. The minimum Gasteiger partial charge on any atom is -0.319 e. The van der Waals surface area contributed by atoms with Crippen LogP contribution in [0.25, 0.3) is 10.9 Å². The molecule has 10 heteroatoms. The largest absolute Gasteiger partial charge is 0.433 e. The molecule has 5 nitrogen and oxygen atoms in total. The van der Waals surface area contributed by atoms with Gasteiger partial charge in [0.05, 0.1) is 34.7 Å². The Bertz CT molecular complexity index is 1360. The first kappa shape index (κ1) is 22.7. The standard InChI is InChI=1S/C23H17ClF4N4O/c1-12-21(13(2)32(31-12)11-14-3-6-16(25)7-4-14)30-22(33)18-10-20(23(26,27)28)29-19-8-5-15(24)9-17(18)19/h3-10H,11H2,1-2H3,(H,30,33). The topological polar surface area (TPSA) is 59.8 Å². The highest BCUT2D eigenvalue weighted by atomic mass is 35.5. The first-order chi connectivity index (χ1) is 15.5. The highest BCUT2D eigenvalue weighted by Crippen LogP contribution is 2.32. The Labute approximate surface area is 191 Å². The lowest BCUT2D eigenvalue weighted by atomic mass is 10.1. The van der Waals surface area contributed by atoms with Crippen molar-refractivity contribution >= 4 is 34.1 Å². The Kier molecular flexibility index (Phi) is 5.84. The number of nitrogens with one attached hydrogen (secondary N) is 1. The average Bonchev–Trinajstić information content (AvgIpc) is 3.01. The Morgan fingerprint density at radius 3 is 2.45 bits per heavy atom. The van der Waals surface area contributed by atoms with Crippen molar-refractivity contribution in [2.45, 2.75) is 26.6 Å². The van der Waals surface area contributed by atoms with Gasteiger partial charge in [-0.05, 0) is 55.8 Å². The third-order valence-electron chi connectivity index (χ3n) is 5.17. The van der Waals surface area contributed by atoms with Gasteiger partial charge in [-0.25, -0.2) is 9.37 Å². The Balaban J connectivity index is 1.71. The molecule has 1 N–H and O–H groups in total. The summed E-state index contributed by atoms with van der Waals surface area (Å²) in [5, 5.41) is 7.54. The Morgan fingerprint density at radius 2 is 1.79 bits per heavy atom. The van der Waals surface area contributed by atoms with Crippen molar-refractivity contribution in [2.75, 3.05) is 5.32 Å². The summed E-state index contributed by atoms with van der Waals surface area (Å²) in [6.07, 6.45) is -4.73. The number of carbonyl (C=O) groups excluding carboxylic acids is 1. The number of pyridine rings is 1. The van der Waals surface area contributed by atoms with Crippen LogP contribution in [-0.4, -0.2) is 20.7 Å². The predicted molar refractivity (Wildman–Crippen MR) is 117 cm³/mol. The summed E-state index contributed by atoms with van der Waals surface area (Å²) < 4.78 is 54.9. The molecule has 4 aromatic rings. The highest BCUT2D eigenvalue weighted by molar-refractivity contribution is 6.31. The molecule has 2 aromatic carbocycles. The maximum Gasteiger partial charge on any atom is 0.433 e. The van der Waals surface area contributed by atoms with E-state index in [2.05, 4.69) is 15.4 Å². The van der Waals surface area contributed by atoms with Crippen LogP contribution in [0.1, 0.15) is 33.0 Å². The molecule has 0 atom stereocenters. The number of carbonyl (C=O) groups is 1. The van der Waals surface area contributed by atoms with Crippen molar-refractivity contribution in [3.63, 3.8) is 0 Å². The van der Waals surface area contributed by atoms with Gasteiger partial charge in [0.15, 0.2) is 0 Å². The second-order valence-corrected chi connectivity index (χ2v) is 7.93. The third-order valence-corrected chi connectivity index (χ3v) is 5.41. The first-order valence-corrected chi connectivity index (χ1v) is 10.2. The SMILES string of the molecule is Cc1nn(Cc2ccc(F)cc2)c(C)c1NC(=O)c1cc(C(F)(F)F)nc2ccc(Cl)cc12. The van der Waals surface area contributed by atoms with E-state index in [-0.39, 0.29) is 27.3 Å². The van der Waals surface area contributed by atoms with E-state index in [9.17, 15) is 22.4 Å². The van der Waals surface area contributed by atoms with E-state index in [0.717, 1.165) is 5.56 Å². The van der Waals surface area contributed by atoms with Gasteiger partial charge in [-0.3, -0.25) is 9.48 Å². The van der Waals surface area contributed by atoms with E-state index >= 15 is 0 Å². The van der Waals surface area contributed by atoms with Crippen molar-refractivity contribution in [3.8, 4) is 0 Å². The molecule has 0 saturated carbocycles. The van der Waals surface area contributed by atoms with Crippen LogP contribution in [0.2, 0.25) is 5.02 Å². The summed E-state index contributed by atoms with van der Waals surface area (Å²) in [6.45, 7) is 3.73. The van der Waals surface area contributed by atoms with Crippen LogP contribution in [0.15, 0.2) is 48.5 Å². The number of nitrogens with zero attached hydrogens (tertiary/aromatic N) is 3. The van der Waals surface area contributed by atoms with Gasteiger partial charge in [0, 0.05) is 10.4 Å². The number of hydrogen-bond donors (Lipinski definition) is 1. The summed E-state index contributed by atoms with van der Waals surface area (Å²) in [4.78, 5) is 16.7. The molecular weight excluding hydrogens is 460 g/mol. The zero-order chi connectivity index (χ0) is 23.9. The molecule has 4 rings (SSSR count). The van der Waals surface area contributed by atoms with Crippen LogP contribution >= 0.6 is 11.6 Å². The molecule has 0 aliphatic heterocycles. The maximum absolute atomic E-state index is 13.4. The maximum atomic E-state index is 13.4. The number of amides is 1. The lowest BCUT2D eigenvalue weighted by Crippen LogP contribution is -2.17. The predicted octanol–water partition coefficient (Wildman–Crippen LogP) is 6.16. The lowest BCUT2D eigenvalue weighted by Gasteiger charge is -2.13. The van der Waals surface area contributed by atoms with Gasteiger partial charge in [-0.1, -0.05) is 23.7 Å². The third kappa shape index (κ3) is 4.68. The number of anilines is 1. The Morgan fingerprint density at radius 1 is 1.09 bits per heavy atom. The van der Waals surface area contributed by atoms with Gasteiger partial charge in [0.25, 0.3) is 5.91 Å². The molecular formula is C23H17ClF4N4O. The van der Waals surface area contributed by atoms with E-state index in [0.29, 0.717) is 29.7 Å². The molecule has 0 spiro atoms. The fourth-order valence-electron chi connectivity index (χ4n) is 3.51. The summed E-state index contributed by atoms with van der Waals surface area (Å²) in [7, 11) is 0. The molecule has 170 valence electrons. The van der Waals surface area contributed by atoms with Crippen molar-refractivity contribution in [3.05, 3.63) is 87.6 Å². The number of alkyl halides is 3. The molecule has 0 aliphatic carbocycles. The number of fused-ring (bicyclic) bond motifs is 1. The lowest BCUT2D eigenvalue weighted by molar-refractivity contribution is -0.140. The van der Waals surface area contributed by atoms with Crippen molar-refractivity contribution in [1.29, 1.82) is 0 Å². The fourth-order valence-corrected chi connectivity index (χ4v) is 3.68. The van der Waals surface area contributed by atoms with Crippen molar-refractivity contribution in [2.24, 2.45) is 0 Å². The van der Waals surface area contributed by atoms with E-state index < -0.39 is 17.8 Å². The minimum absolute atomic E-state index is 0.000163. The molecule has 1 amide bonds. The van der Waals surface area contributed by atoms with Crippen LogP contribution in [0.3, 0.4) is 0 Å². The normalized spacial score (nSPS) is 11.7. The molecule has 0 aliphatic rings. The summed E-state index contributed by atoms with van der Waals surface area (Å²) in [5.41, 5.74) is 0.864. The summed E-state index contributed by atoms with van der Waals surface area (Å²) in [5.74, 6) is -1.11. The van der Waals surface area contributed by atoms with Crippen LogP contribution < -0.4 is 5.32 Å². The molecule has 0 unspecified atom stereocenters. The highest BCUT2D eigenvalue weighted by Gasteiger charge is 2.34. The molecule has 0 saturated heterocycles. The summed E-state index contributed by atoms with van der Waals surface area (Å²) >= 11 is 6.01. The van der Waals surface area contributed by atoms with Crippen LogP contribution in [0.5, 0.6) is 0 Å². The van der Waals surface area contributed by atoms with Crippen LogP contribution in [0.4, 0.5) is 23.2 Å². The number of halogens is 5. The zero-order valence-corrected chi connectivity index (χ0v) is 18.2. The molecule has 2 aromatic heterocycles. The van der Waals surface area contributed by atoms with Gasteiger partial charge in [-0.2, -0.15) is 18.3 Å². The van der Waals surface area contributed by atoms with E-state index in [1.807, 2.05) is 0 Å². The number of aryl methyl sites for hydroxylation is 1. The molecule has 0 radical (unpaired) electrons. The second kappa shape index (κ2) is 8.47. The quantitative estimate of drug-likeness (QED) is 0.359.